The summed E-state index contributed by atoms with van der Waals surface area (Å²) >= 11 is 0. The second kappa shape index (κ2) is 9.08. The number of ether oxygens (including phenoxy) is 2. The van der Waals surface area contributed by atoms with Crippen LogP contribution < -0.4 is 14.8 Å². The van der Waals surface area contributed by atoms with Gasteiger partial charge in [0.15, 0.2) is 6.10 Å². The summed E-state index contributed by atoms with van der Waals surface area (Å²) in [5.74, 6) is 1.40. The molecule has 27 heavy (non-hydrogen) atoms. The highest BCUT2D eigenvalue weighted by Gasteiger charge is 2.17. The first kappa shape index (κ1) is 18.8. The summed E-state index contributed by atoms with van der Waals surface area (Å²) in [6.45, 7) is 4.78. The molecule has 0 aliphatic rings. The van der Waals surface area contributed by atoms with Crippen LogP contribution in [0, 0.1) is 6.92 Å². The van der Waals surface area contributed by atoms with Crippen LogP contribution in [0.2, 0.25) is 0 Å². The molecule has 0 aromatic heterocycles. The highest BCUT2D eigenvalue weighted by molar-refractivity contribution is 5.88. The van der Waals surface area contributed by atoms with E-state index in [1.807, 2.05) is 68.4 Å². The van der Waals surface area contributed by atoms with E-state index in [1.54, 1.807) is 0 Å². The van der Waals surface area contributed by atoms with Crippen molar-refractivity contribution in [1.29, 1.82) is 0 Å². The lowest BCUT2D eigenvalue weighted by atomic mass is 10.1. The molecule has 0 aliphatic heterocycles. The number of fused-ring (bicyclic) bond motifs is 1. The molecule has 0 spiro atoms. The van der Waals surface area contributed by atoms with Crippen molar-refractivity contribution >= 4 is 16.7 Å². The van der Waals surface area contributed by atoms with Crippen LogP contribution in [0.1, 0.15) is 18.9 Å². The summed E-state index contributed by atoms with van der Waals surface area (Å²) in [6.07, 6.45) is 0.0921. The molecule has 4 heteroatoms. The number of hydrogen-bond acceptors (Lipinski definition) is 3. The van der Waals surface area contributed by atoms with Crippen LogP contribution in [-0.2, 0) is 4.79 Å². The maximum atomic E-state index is 12.4. The molecular formula is C23H25NO3. The van der Waals surface area contributed by atoms with E-state index in [1.165, 1.54) is 0 Å². The van der Waals surface area contributed by atoms with Gasteiger partial charge in [0.2, 0.25) is 0 Å². The van der Waals surface area contributed by atoms with E-state index in [4.69, 9.17) is 9.47 Å². The predicted molar refractivity (Wildman–Crippen MR) is 108 cm³/mol. The molecule has 1 amide bonds. The molecule has 0 saturated carbocycles. The van der Waals surface area contributed by atoms with Gasteiger partial charge in [0.1, 0.15) is 18.1 Å². The molecule has 0 bridgehead atoms. The monoisotopic (exact) mass is 363 g/mol. The molecule has 0 aliphatic carbocycles. The van der Waals surface area contributed by atoms with Gasteiger partial charge in [-0.15, -0.1) is 0 Å². The van der Waals surface area contributed by atoms with Gasteiger partial charge in [-0.05, 0) is 36.9 Å². The molecule has 0 saturated heterocycles. The van der Waals surface area contributed by atoms with Gasteiger partial charge in [-0.3, -0.25) is 4.79 Å². The number of carbonyl (C=O) groups excluding carboxylic acids is 1. The Labute approximate surface area is 160 Å². The van der Waals surface area contributed by atoms with Crippen LogP contribution in [0.5, 0.6) is 11.5 Å². The second-order valence-corrected chi connectivity index (χ2v) is 6.44. The Morgan fingerprint density at radius 1 is 1.00 bits per heavy atom. The van der Waals surface area contributed by atoms with Crippen molar-refractivity contribution in [2.75, 3.05) is 13.2 Å². The fraction of sp³-hybridized carbons (Fsp3) is 0.261. The topological polar surface area (TPSA) is 47.6 Å². The third-order valence-electron chi connectivity index (χ3n) is 4.37. The Bertz CT molecular complexity index is 884. The zero-order valence-corrected chi connectivity index (χ0v) is 15.8. The summed E-state index contributed by atoms with van der Waals surface area (Å²) in [5.41, 5.74) is 1.16. The zero-order chi connectivity index (χ0) is 19.1. The lowest BCUT2D eigenvalue weighted by Crippen LogP contribution is -2.39. The van der Waals surface area contributed by atoms with Crippen LogP contribution in [0.3, 0.4) is 0 Å². The highest BCUT2D eigenvalue weighted by atomic mass is 16.5. The van der Waals surface area contributed by atoms with Crippen molar-refractivity contribution in [2.45, 2.75) is 26.4 Å². The second-order valence-electron chi connectivity index (χ2n) is 6.44. The van der Waals surface area contributed by atoms with Crippen molar-refractivity contribution in [3.05, 3.63) is 72.3 Å². The van der Waals surface area contributed by atoms with Crippen molar-refractivity contribution in [1.82, 2.24) is 5.32 Å². The first-order valence-electron chi connectivity index (χ1n) is 9.29. The molecule has 0 unspecified atom stereocenters. The minimum absolute atomic E-state index is 0.125. The summed E-state index contributed by atoms with van der Waals surface area (Å²) in [6, 6.07) is 21.8. The molecule has 3 aromatic rings. The standard InChI is InChI=1S/C23H25NO3/c1-3-21(27-19-13-11-17(2)12-14-19)23(25)24-15-16-26-22-10-6-8-18-7-4-5-9-20(18)22/h4-14,21H,3,15-16H2,1-2H3,(H,24,25)/t21-/m1/s1. The number of rotatable bonds is 8. The summed E-state index contributed by atoms with van der Waals surface area (Å²) in [5, 5.41) is 5.10. The van der Waals surface area contributed by atoms with E-state index in [0.717, 1.165) is 22.1 Å². The van der Waals surface area contributed by atoms with E-state index in [-0.39, 0.29) is 5.91 Å². The molecule has 3 rings (SSSR count). The van der Waals surface area contributed by atoms with Gasteiger partial charge in [0.25, 0.3) is 5.91 Å². The normalized spacial score (nSPS) is 11.8. The van der Waals surface area contributed by atoms with E-state index < -0.39 is 6.10 Å². The van der Waals surface area contributed by atoms with Crippen LogP contribution in [0.25, 0.3) is 10.8 Å². The summed E-state index contributed by atoms with van der Waals surface area (Å²) < 4.78 is 11.7. The minimum Gasteiger partial charge on any atom is -0.491 e. The minimum atomic E-state index is -0.509. The third kappa shape index (κ3) is 5.00. The van der Waals surface area contributed by atoms with Crippen LogP contribution in [0.4, 0.5) is 0 Å². The van der Waals surface area contributed by atoms with Crippen LogP contribution in [-0.4, -0.2) is 25.2 Å². The Morgan fingerprint density at radius 3 is 2.52 bits per heavy atom. The van der Waals surface area contributed by atoms with Gasteiger partial charge >= 0.3 is 0 Å². The molecule has 3 aromatic carbocycles. The Morgan fingerprint density at radius 2 is 1.74 bits per heavy atom. The van der Waals surface area contributed by atoms with Gasteiger partial charge in [0.05, 0.1) is 6.54 Å². The largest absolute Gasteiger partial charge is 0.491 e. The first-order valence-corrected chi connectivity index (χ1v) is 9.29. The average Bonchev–Trinajstić information content (AvgIpc) is 2.70. The fourth-order valence-electron chi connectivity index (χ4n) is 2.87. The molecule has 4 nitrogen and oxygen atoms in total. The number of hydrogen-bond donors (Lipinski definition) is 1. The molecule has 0 fully saturated rings. The quantitative estimate of drug-likeness (QED) is 0.600. The maximum absolute atomic E-state index is 12.4. The van der Waals surface area contributed by atoms with Crippen molar-refractivity contribution < 1.29 is 14.3 Å². The highest BCUT2D eigenvalue weighted by Crippen LogP contribution is 2.24. The predicted octanol–water partition coefficient (Wildman–Crippen LogP) is 4.50. The lowest BCUT2D eigenvalue weighted by Gasteiger charge is -2.17. The summed E-state index contributed by atoms with van der Waals surface area (Å²) in [7, 11) is 0. The van der Waals surface area contributed by atoms with Crippen molar-refractivity contribution in [3.8, 4) is 11.5 Å². The number of carbonyl (C=O) groups is 1. The molecular weight excluding hydrogens is 338 g/mol. The van der Waals surface area contributed by atoms with E-state index in [2.05, 4.69) is 17.4 Å². The van der Waals surface area contributed by atoms with Crippen molar-refractivity contribution in [3.63, 3.8) is 0 Å². The van der Waals surface area contributed by atoms with E-state index in [9.17, 15) is 4.79 Å². The smallest absolute Gasteiger partial charge is 0.261 e. The van der Waals surface area contributed by atoms with Gasteiger partial charge < -0.3 is 14.8 Å². The number of nitrogens with one attached hydrogen (secondary N) is 1. The Kier molecular flexibility index (Phi) is 6.31. The molecule has 0 heterocycles. The molecule has 1 atom stereocenters. The van der Waals surface area contributed by atoms with Gasteiger partial charge in [-0.2, -0.15) is 0 Å². The molecule has 140 valence electrons. The van der Waals surface area contributed by atoms with E-state index in [0.29, 0.717) is 25.3 Å². The van der Waals surface area contributed by atoms with Crippen molar-refractivity contribution in [2.24, 2.45) is 0 Å². The number of benzene rings is 3. The SMILES string of the molecule is CC[C@@H](Oc1ccc(C)cc1)C(=O)NCCOc1cccc2ccccc12. The average molecular weight is 363 g/mol. The molecule has 1 N–H and O–H groups in total. The lowest BCUT2D eigenvalue weighted by molar-refractivity contribution is -0.128. The Balaban J connectivity index is 1.50. The van der Waals surface area contributed by atoms with Gasteiger partial charge in [-0.1, -0.05) is 61.0 Å². The van der Waals surface area contributed by atoms with Gasteiger partial charge in [-0.25, -0.2) is 0 Å². The van der Waals surface area contributed by atoms with Crippen LogP contribution >= 0.6 is 0 Å². The van der Waals surface area contributed by atoms with Crippen LogP contribution in [0.15, 0.2) is 66.7 Å². The third-order valence-corrected chi connectivity index (χ3v) is 4.37. The number of amides is 1. The summed E-state index contributed by atoms with van der Waals surface area (Å²) in [4.78, 5) is 12.4. The fourth-order valence-corrected chi connectivity index (χ4v) is 2.87. The number of aryl methyl sites for hydroxylation is 1. The Hall–Kier alpha value is -3.01. The maximum Gasteiger partial charge on any atom is 0.261 e. The molecule has 0 radical (unpaired) electrons. The van der Waals surface area contributed by atoms with Gasteiger partial charge in [0, 0.05) is 5.39 Å². The van der Waals surface area contributed by atoms with E-state index >= 15 is 0 Å². The first-order chi connectivity index (χ1) is 13.2. The zero-order valence-electron chi connectivity index (χ0n) is 15.8.